The summed E-state index contributed by atoms with van der Waals surface area (Å²) in [5, 5.41) is 0. The molecule has 1 saturated heterocycles. The number of hydrogen-bond donors (Lipinski definition) is 1. The average molecular weight is 249 g/mol. The van der Waals surface area contributed by atoms with Crippen LogP contribution in [0.5, 0.6) is 0 Å². The zero-order valence-electron chi connectivity index (χ0n) is 11.1. The summed E-state index contributed by atoms with van der Waals surface area (Å²) in [4.78, 5) is 6.57. The first-order valence-electron chi connectivity index (χ1n) is 6.82. The predicted molar refractivity (Wildman–Crippen MR) is 73.2 cm³/mol. The summed E-state index contributed by atoms with van der Waals surface area (Å²) in [6, 6.07) is 3.92. The lowest BCUT2D eigenvalue weighted by Gasteiger charge is -2.32. The van der Waals surface area contributed by atoms with Gasteiger partial charge in [-0.25, -0.2) is 4.98 Å². The van der Waals surface area contributed by atoms with Gasteiger partial charge in [-0.3, -0.25) is 4.90 Å². The lowest BCUT2D eigenvalue weighted by Crippen LogP contribution is -2.39. The second kappa shape index (κ2) is 6.71. The molecular weight excluding hydrogens is 226 g/mol. The number of pyridine rings is 1. The highest BCUT2D eigenvalue weighted by Gasteiger charge is 2.20. The van der Waals surface area contributed by atoms with E-state index >= 15 is 0 Å². The van der Waals surface area contributed by atoms with Gasteiger partial charge in [-0.05, 0) is 37.4 Å². The molecule has 4 nitrogen and oxygen atoms in total. The minimum Gasteiger partial charge on any atom is -0.384 e. The Morgan fingerprint density at radius 2 is 2.39 bits per heavy atom. The summed E-state index contributed by atoms with van der Waals surface area (Å²) in [6.07, 6.45) is 5.78. The molecule has 4 heteroatoms. The van der Waals surface area contributed by atoms with Crippen LogP contribution in [0.1, 0.15) is 31.7 Å². The molecule has 1 unspecified atom stereocenters. The Kier molecular flexibility index (Phi) is 4.96. The van der Waals surface area contributed by atoms with E-state index in [1.807, 2.05) is 12.3 Å². The van der Waals surface area contributed by atoms with Crippen LogP contribution in [0.4, 0.5) is 5.82 Å². The van der Waals surface area contributed by atoms with Crippen LogP contribution in [-0.2, 0) is 11.3 Å². The Morgan fingerprint density at radius 1 is 1.50 bits per heavy atom. The Bertz CT molecular complexity index is 353. The maximum Gasteiger partial charge on any atom is 0.123 e. The smallest absolute Gasteiger partial charge is 0.123 e. The van der Waals surface area contributed by atoms with Crippen molar-refractivity contribution in [1.82, 2.24) is 9.88 Å². The number of anilines is 1. The van der Waals surface area contributed by atoms with Gasteiger partial charge in [-0.15, -0.1) is 0 Å². The van der Waals surface area contributed by atoms with Crippen molar-refractivity contribution in [3.8, 4) is 0 Å². The van der Waals surface area contributed by atoms with Crippen molar-refractivity contribution in [3.05, 3.63) is 23.9 Å². The number of hydrogen-bond acceptors (Lipinski definition) is 4. The van der Waals surface area contributed by atoms with E-state index < -0.39 is 0 Å². The molecule has 100 valence electrons. The quantitative estimate of drug-likeness (QED) is 0.867. The van der Waals surface area contributed by atoms with Crippen molar-refractivity contribution >= 4 is 5.82 Å². The van der Waals surface area contributed by atoms with Crippen molar-refractivity contribution in [3.63, 3.8) is 0 Å². The third kappa shape index (κ3) is 3.96. The first kappa shape index (κ1) is 13.3. The number of nitrogen functional groups attached to an aromatic ring is 1. The van der Waals surface area contributed by atoms with Gasteiger partial charge in [0.2, 0.25) is 0 Å². The van der Waals surface area contributed by atoms with Gasteiger partial charge in [0.25, 0.3) is 0 Å². The van der Waals surface area contributed by atoms with Gasteiger partial charge < -0.3 is 10.5 Å². The van der Waals surface area contributed by atoms with Crippen LogP contribution in [0.25, 0.3) is 0 Å². The van der Waals surface area contributed by atoms with Gasteiger partial charge in [0, 0.05) is 25.9 Å². The number of aromatic nitrogens is 1. The van der Waals surface area contributed by atoms with Crippen molar-refractivity contribution in [1.29, 1.82) is 0 Å². The van der Waals surface area contributed by atoms with Gasteiger partial charge >= 0.3 is 0 Å². The predicted octanol–water partition coefficient (Wildman–Crippen LogP) is 2.05. The van der Waals surface area contributed by atoms with Gasteiger partial charge in [-0.1, -0.05) is 13.0 Å². The third-order valence-electron chi connectivity index (χ3n) is 3.27. The molecule has 2 N–H and O–H groups in total. The number of ether oxygens (including phenoxy) is 1. The fourth-order valence-electron chi connectivity index (χ4n) is 2.36. The van der Waals surface area contributed by atoms with E-state index in [0.29, 0.717) is 11.9 Å². The highest BCUT2D eigenvalue weighted by molar-refractivity contribution is 5.29. The van der Waals surface area contributed by atoms with Gasteiger partial charge in [0.15, 0.2) is 0 Å². The van der Waals surface area contributed by atoms with Crippen LogP contribution in [-0.4, -0.2) is 35.7 Å². The molecule has 0 bridgehead atoms. The minimum atomic E-state index is 0.403. The summed E-state index contributed by atoms with van der Waals surface area (Å²) in [6.45, 7) is 6.16. The number of rotatable bonds is 5. The SMILES string of the molecule is CCCOC1CCCN(Cc2ccc(N)nc2)C1. The van der Waals surface area contributed by atoms with Crippen molar-refractivity contribution in [2.45, 2.75) is 38.8 Å². The van der Waals surface area contributed by atoms with Crippen LogP contribution >= 0.6 is 0 Å². The first-order chi connectivity index (χ1) is 8.78. The van der Waals surface area contributed by atoms with Crippen LogP contribution in [0, 0.1) is 0 Å². The molecule has 0 radical (unpaired) electrons. The molecule has 0 amide bonds. The first-order valence-corrected chi connectivity index (χ1v) is 6.82. The molecule has 0 aliphatic carbocycles. The zero-order valence-corrected chi connectivity index (χ0v) is 11.1. The minimum absolute atomic E-state index is 0.403. The summed E-state index contributed by atoms with van der Waals surface area (Å²) < 4.78 is 5.84. The normalized spacial score (nSPS) is 21.1. The maximum absolute atomic E-state index is 5.84. The number of nitrogens with zero attached hydrogens (tertiary/aromatic N) is 2. The standard InChI is InChI=1S/C14H23N3O/c1-2-8-18-13-4-3-7-17(11-13)10-12-5-6-14(15)16-9-12/h5-6,9,13H,2-4,7-8,10-11H2,1H3,(H2,15,16). The maximum atomic E-state index is 5.84. The van der Waals surface area contributed by atoms with Crippen molar-refractivity contribution in [2.24, 2.45) is 0 Å². The molecule has 0 saturated carbocycles. The second-order valence-corrected chi connectivity index (χ2v) is 4.96. The average Bonchev–Trinajstić information content (AvgIpc) is 2.40. The Morgan fingerprint density at radius 3 is 3.11 bits per heavy atom. The Labute approximate surface area is 109 Å². The summed E-state index contributed by atoms with van der Waals surface area (Å²) in [5.74, 6) is 0.585. The highest BCUT2D eigenvalue weighted by atomic mass is 16.5. The zero-order chi connectivity index (χ0) is 12.8. The molecule has 1 aliphatic rings. The number of piperidine rings is 1. The second-order valence-electron chi connectivity index (χ2n) is 4.96. The van der Waals surface area contributed by atoms with Crippen molar-refractivity contribution in [2.75, 3.05) is 25.4 Å². The largest absolute Gasteiger partial charge is 0.384 e. The molecule has 1 atom stereocenters. The topological polar surface area (TPSA) is 51.4 Å². The molecule has 2 rings (SSSR count). The third-order valence-corrected chi connectivity index (χ3v) is 3.27. The summed E-state index contributed by atoms with van der Waals surface area (Å²) >= 11 is 0. The molecule has 0 aromatic carbocycles. The van der Waals surface area contributed by atoms with E-state index in [0.717, 1.165) is 32.7 Å². The molecule has 2 heterocycles. The van der Waals surface area contributed by atoms with Crippen LogP contribution < -0.4 is 5.73 Å². The van der Waals surface area contributed by atoms with E-state index in [2.05, 4.69) is 22.9 Å². The van der Waals surface area contributed by atoms with Gasteiger partial charge in [-0.2, -0.15) is 0 Å². The lowest BCUT2D eigenvalue weighted by atomic mass is 10.1. The molecular formula is C14H23N3O. The number of nitrogens with two attached hydrogens (primary N) is 1. The number of likely N-dealkylation sites (tertiary alicyclic amines) is 1. The van der Waals surface area contributed by atoms with E-state index in [1.165, 1.54) is 18.4 Å². The van der Waals surface area contributed by atoms with E-state index in [-0.39, 0.29) is 0 Å². The Hall–Kier alpha value is -1.13. The van der Waals surface area contributed by atoms with Crippen LogP contribution in [0.3, 0.4) is 0 Å². The van der Waals surface area contributed by atoms with E-state index in [4.69, 9.17) is 10.5 Å². The Balaban J connectivity index is 1.83. The molecule has 18 heavy (non-hydrogen) atoms. The lowest BCUT2D eigenvalue weighted by molar-refractivity contribution is -0.00225. The van der Waals surface area contributed by atoms with E-state index in [9.17, 15) is 0 Å². The summed E-state index contributed by atoms with van der Waals surface area (Å²) in [5.41, 5.74) is 6.81. The highest BCUT2D eigenvalue weighted by Crippen LogP contribution is 2.16. The molecule has 0 spiro atoms. The van der Waals surface area contributed by atoms with Crippen LogP contribution in [0.15, 0.2) is 18.3 Å². The molecule has 1 aromatic rings. The molecule has 1 fully saturated rings. The fourth-order valence-corrected chi connectivity index (χ4v) is 2.36. The molecule has 1 aromatic heterocycles. The van der Waals surface area contributed by atoms with Gasteiger partial charge in [0.05, 0.1) is 6.10 Å². The van der Waals surface area contributed by atoms with Crippen LogP contribution in [0.2, 0.25) is 0 Å². The van der Waals surface area contributed by atoms with Gasteiger partial charge in [0.1, 0.15) is 5.82 Å². The fraction of sp³-hybridized carbons (Fsp3) is 0.643. The monoisotopic (exact) mass is 249 g/mol. The summed E-state index contributed by atoms with van der Waals surface area (Å²) in [7, 11) is 0. The van der Waals surface area contributed by atoms with E-state index in [1.54, 1.807) is 0 Å². The molecule has 1 aliphatic heterocycles. The van der Waals surface area contributed by atoms with Crippen molar-refractivity contribution < 1.29 is 4.74 Å².